The lowest BCUT2D eigenvalue weighted by Crippen LogP contribution is -2.38. The highest BCUT2D eigenvalue weighted by Crippen LogP contribution is 2.30. The molecule has 2 aliphatic rings. The minimum absolute atomic E-state index is 0.142. The number of carbonyl (C=O) groups is 1. The summed E-state index contributed by atoms with van der Waals surface area (Å²) in [6.45, 7) is 4.51. The molecule has 31 heavy (non-hydrogen) atoms. The summed E-state index contributed by atoms with van der Waals surface area (Å²) in [6.07, 6.45) is 5.22. The highest BCUT2D eigenvalue weighted by Gasteiger charge is 2.18. The molecule has 0 spiro atoms. The maximum absolute atomic E-state index is 12.6. The molecule has 0 bridgehead atoms. The number of thiophene rings is 1. The van der Waals surface area contributed by atoms with E-state index in [0.29, 0.717) is 17.1 Å². The van der Waals surface area contributed by atoms with Gasteiger partial charge in [0.25, 0.3) is 5.91 Å². The Morgan fingerprint density at radius 3 is 2.58 bits per heavy atom. The summed E-state index contributed by atoms with van der Waals surface area (Å²) in [5.41, 5.74) is 1.88. The van der Waals surface area contributed by atoms with Crippen molar-refractivity contribution in [3.8, 4) is 0 Å². The van der Waals surface area contributed by atoms with Crippen LogP contribution in [0.1, 0.15) is 39.4 Å². The number of nitrogens with one attached hydrogen (secondary N) is 2. The standard InChI is InChI=1S/C22H29N3O4S2/c26-22(21-16-17-4-1-2-5-20(17)30-21)24-18-6-8-19(9-7-18)31(27,28)23-10-3-11-25-12-14-29-15-13-25/h6-9,16,23H,1-5,10-15H2,(H,24,26). The largest absolute Gasteiger partial charge is 0.379 e. The van der Waals surface area contributed by atoms with Gasteiger partial charge in [0.05, 0.1) is 23.0 Å². The van der Waals surface area contributed by atoms with E-state index in [4.69, 9.17) is 4.74 Å². The van der Waals surface area contributed by atoms with Crippen molar-refractivity contribution in [2.75, 3.05) is 44.7 Å². The van der Waals surface area contributed by atoms with Crippen LogP contribution >= 0.6 is 11.3 Å². The highest BCUT2D eigenvalue weighted by atomic mass is 32.2. The molecule has 1 fully saturated rings. The first kappa shape index (κ1) is 22.4. The van der Waals surface area contributed by atoms with Crippen LogP contribution in [0.5, 0.6) is 0 Å². The summed E-state index contributed by atoms with van der Waals surface area (Å²) in [5.74, 6) is -0.142. The Kier molecular flexibility index (Phi) is 7.39. The van der Waals surface area contributed by atoms with Gasteiger partial charge in [-0.2, -0.15) is 0 Å². The molecule has 1 amide bonds. The summed E-state index contributed by atoms with van der Waals surface area (Å²) in [7, 11) is -3.57. The monoisotopic (exact) mass is 463 g/mol. The number of hydrogen-bond acceptors (Lipinski definition) is 6. The third-order valence-electron chi connectivity index (χ3n) is 5.69. The summed E-state index contributed by atoms with van der Waals surface area (Å²) in [4.78, 5) is 17.1. The van der Waals surface area contributed by atoms with Crippen LogP contribution in [-0.2, 0) is 27.6 Å². The van der Waals surface area contributed by atoms with Crippen LogP contribution in [0.3, 0.4) is 0 Å². The summed E-state index contributed by atoms with van der Waals surface area (Å²) in [6, 6.07) is 8.31. The zero-order chi connectivity index (χ0) is 21.7. The fourth-order valence-electron chi connectivity index (χ4n) is 3.93. The molecular formula is C22H29N3O4S2. The quantitative estimate of drug-likeness (QED) is 0.588. The van der Waals surface area contributed by atoms with Crippen LogP contribution in [0.2, 0.25) is 0 Å². The van der Waals surface area contributed by atoms with Crippen molar-refractivity contribution >= 4 is 33.0 Å². The van der Waals surface area contributed by atoms with Crippen LogP contribution in [-0.4, -0.2) is 58.6 Å². The molecule has 1 aliphatic heterocycles. The Hall–Kier alpha value is -1.78. The molecule has 2 aromatic rings. The van der Waals surface area contributed by atoms with Crippen molar-refractivity contribution in [1.82, 2.24) is 9.62 Å². The Bertz CT molecular complexity index is 973. The van der Waals surface area contributed by atoms with E-state index >= 15 is 0 Å². The van der Waals surface area contributed by atoms with E-state index in [0.717, 1.165) is 52.1 Å². The first-order chi connectivity index (χ1) is 15.0. The number of aryl methyl sites for hydroxylation is 2. The molecule has 2 heterocycles. The van der Waals surface area contributed by atoms with Gasteiger partial charge >= 0.3 is 0 Å². The SMILES string of the molecule is O=C(Nc1ccc(S(=O)(=O)NCCCN2CCOCC2)cc1)c1cc2c(s1)CCCC2. The third-order valence-corrected chi connectivity index (χ3v) is 8.40. The summed E-state index contributed by atoms with van der Waals surface area (Å²) < 4.78 is 33.0. The smallest absolute Gasteiger partial charge is 0.265 e. The van der Waals surface area contributed by atoms with Crippen LogP contribution in [0.15, 0.2) is 35.2 Å². The van der Waals surface area contributed by atoms with Gasteiger partial charge in [0.1, 0.15) is 0 Å². The van der Waals surface area contributed by atoms with E-state index in [-0.39, 0.29) is 10.8 Å². The second-order valence-corrected chi connectivity index (χ2v) is 10.9. The number of sulfonamides is 1. The maximum atomic E-state index is 12.6. The van der Waals surface area contributed by atoms with Gasteiger partial charge in [0, 0.05) is 30.2 Å². The van der Waals surface area contributed by atoms with Gasteiger partial charge in [-0.15, -0.1) is 11.3 Å². The molecule has 1 aliphatic carbocycles. The van der Waals surface area contributed by atoms with Crippen molar-refractivity contribution in [3.05, 3.63) is 45.6 Å². The fourth-order valence-corrected chi connectivity index (χ4v) is 6.15. The summed E-state index contributed by atoms with van der Waals surface area (Å²) in [5, 5.41) is 2.88. The molecule has 9 heteroatoms. The molecular weight excluding hydrogens is 434 g/mol. The Balaban J connectivity index is 1.28. The molecule has 1 aromatic carbocycles. The number of hydrogen-bond donors (Lipinski definition) is 2. The van der Waals surface area contributed by atoms with Gasteiger partial charge in [-0.3, -0.25) is 9.69 Å². The Labute approximate surface area is 187 Å². The van der Waals surface area contributed by atoms with Gasteiger partial charge < -0.3 is 10.1 Å². The number of rotatable bonds is 8. The number of morpholine rings is 1. The van der Waals surface area contributed by atoms with E-state index in [2.05, 4.69) is 14.9 Å². The predicted octanol–water partition coefficient (Wildman–Crippen LogP) is 2.88. The van der Waals surface area contributed by atoms with Crippen LogP contribution in [0.25, 0.3) is 0 Å². The molecule has 0 radical (unpaired) electrons. The minimum Gasteiger partial charge on any atom is -0.379 e. The van der Waals surface area contributed by atoms with Crippen molar-refractivity contribution < 1.29 is 17.9 Å². The van der Waals surface area contributed by atoms with Gasteiger partial charge in [-0.25, -0.2) is 13.1 Å². The number of anilines is 1. The molecule has 168 valence electrons. The number of nitrogens with zero attached hydrogens (tertiary/aromatic N) is 1. The Morgan fingerprint density at radius 1 is 1.10 bits per heavy atom. The first-order valence-corrected chi connectivity index (χ1v) is 13.1. The third kappa shape index (κ3) is 5.93. The fraction of sp³-hybridized carbons (Fsp3) is 0.500. The van der Waals surface area contributed by atoms with Crippen LogP contribution in [0, 0.1) is 0 Å². The molecule has 1 saturated heterocycles. The van der Waals surface area contributed by atoms with Gasteiger partial charge in [-0.05, 0) is 74.5 Å². The van der Waals surface area contributed by atoms with Crippen LogP contribution in [0.4, 0.5) is 5.69 Å². The summed E-state index contributed by atoms with van der Waals surface area (Å²) >= 11 is 1.56. The van der Waals surface area contributed by atoms with Gasteiger partial charge in [0.2, 0.25) is 10.0 Å². The number of ether oxygens (including phenoxy) is 1. The van der Waals surface area contributed by atoms with E-state index in [9.17, 15) is 13.2 Å². The second-order valence-electron chi connectivity index (χ2n) is 7.95. The molecule has 0 unspecified atom stereocenters. The minimum atomic E-state index is -3.57. The predicted molar refractivity (Wildman–Crippen MR) is 122 cm³/mol. The van der Waals surface area contributed by atoms with Gasteiger partial charge in [0.15, 0.2) is 0 Å². The zero-order valence-electron chi connectivity index (χ0n) is 17.6. The molecule has 4 rings (SSSR count). The number of benzene rings is 1. The normalized spacial score (nSPS) is 17.3. The average molecular weight is 464 g/mol. The number of amides is 1. The number of fused-ring (bicyclic) bond motifs is 1. The molecule has 0 atom stereocenters. The molecule has 7 nitrogen and oxygen atoms in total. The van der Waals surface area contributed by atoms with E-state index in [1.165, 1.54) is 35.4 Å². The van der Waals surface area contributed by atoms with Crippen LogP contribution < -0.4 is 10.0 Å². The lowest BCUT2D eigenvalue weighted by Gasteiger charge is -2.26. The maximum Gasteiger partial charge on any atom is 0.265 e. The zero-order valence-corrected chi connectivity index (χ0v) is 19.2. The molecule has 2 N–H and O–H groups in total. The average Bonchev–Trinajstić information content (AvgIpc) is 3.22. The van der Waals surface area contributed by atoms with E-state index in [1.54, 1.807) is 23.5 Å². The van der Waals surface area contributed by atoms with Crippen molar-refractivity contribution in [1.29, 1.82) is 0 Å². The highest BCUT2D eigenvalue weighted by molar-refractivity contribution is 7.89. The van der Waals surface area contributed by atoms with E-state index in [1.807, 2.05) is 6.07 Å². The van der Waals surface area contributed by atoms with Crippen molar-refractivity contribution in [2.24, 2.45) is 0 Å². The number of carbonyl (C=O) groups excluding carboxylic acids is 1. The lowest BCUT2D eigenvalue weighted by atomic mass is 9.99. The first-order valence-electron chi connectivity index (χ1n) is 10.8. The van der Waals surface area contributed by atoms with E-state index < -0.39 is 10.0 Å². The van der Waals surface area contributed by atoms with Gasteiger partial charge in [-0.1, -0.05) is 0 Å². The van der Waals surface area contributed by atoms with Crippen molar-refractivity contribution in [3.63, 3.8) is 0 Å². The molecule has 0 saturated carbocycles. The lowest BCUT2D eigenvalue weighted by molar-refractivity contribution is 0.0376. The Morgan fingerprint density at radius 2 is 1.84 bits per heavy atom. The molecule has 1 aromatic heterocycles. The topological polar surface area (TPSA) is 87.7 Å². The second kappa shape index (κ2) is 10.2. The van der Waals surface area contributed by atoms with Crippen molar-refractivity contribution in [2.45, 2.75) is 37.0 Å².